The van der Waals surface area contributed by atoms with E-state index in [0.717, 1.165) is 37.2 Å². The maximum Gasteiger partial charge on any atom is 0.240 e. The highest BCUT2D eigenvalue weighted by atomic mass is 35.5. The van der Waals surface area contributed by atoms with Crippen molar-refractivity contribution in [2.24, 2.45) is 5.73 Å². The third-order valence-corrected chi connectivity index (χ3v) is 3.70. The quantitative estimate of drug-likeness (QED) is 0.716. The van der Waals surface area contributed by atoms with Crippen molar-refractivity contribution in [2.45, 2.75) is 38.1 Å². The van der Waals surface area contributed by atoms with Crippen LogP contribution in [0.5, 0.6) is 11.5 Å². The standard InChI is InChI=1S/C16H24N2O3.ClH/c1-3-21-14-11-12(6-7-13(14)20-2)5-4-10-18-15(19)16(17)8-9-16;/h6-7,11H,3-5,8-10,17H2,1-2H3,(H,18,19);1H. The number of carbonyl (C=O) groups is 1. The summed E-state index contributed by atoms with van der Waals surface area (Å²) in [5.74, 6) is 1.49. The number of aryl methyl sites for hydroxylation is 1. The molecule has 3 N–H and O–H groups in total. The third-order valence-electron chi connectivity index (χ3n) is 3.70. The van der Waals surface area contributed by atoms with E-state index in [9.17, 15) is 4.79 Å². The SMILES string of the molecule is CCOc1cc(CCCNC(=O)C2(N)CC2)ccc1OC.Cl. The molecule has 1 aliphatic rings. The molecule has 0 bridgehead atoms. The van der Waals surface area contributed by atoms with E-state index in [1.807, 2.05) is 25.1 Å². The van der Waals surface area contributed by atoms with Gasteiger partial charge in [0.2, 0.25) is 5.91 Å². The molecule has 0 unspecified atom stereocenters. The molecule has 1 amide bonds. The topological polar surface area (TPSA) is 73.6 Å². The Morgan fingerprint density at radius 2 is 2.09 bits per heavy atom. The van der Waals surface area contributed by atoms with Gasteiger partial charge in [0, 0.05) is 6.54 Å². The van der Waals surface area contributed by atoms with Crippen LogP contribution in [-0.4, -0.2) is 31.7 Å². The zero-order chi connectivity index (χ0) is 15.3. The maximum atomic E-state index is 11.7. The van der Waals surface area contributed by atoms with E-state index in [1.54, 1.807) is 7.11 Å². The van der Waals surface area contributed by atoms with Crippen LogP contribution in [0.1, 0.15) is 31.7 Å². The highest BCUT2D eigenvalue weighted by molar-refractivity contribution is 5.88. The number of halogens is 1. The summed E-state index contributed by atoms with van der Waals surface area (Å²) in [6, 6.07) is 5.93. The first-order chi connectivity index (χ1) is 10.1. The highest BCUT2D eigenvalue weighted by Crippen LogP contribution is 2.32. The van der Waals surface area contributed by atoms with Gasteiger partial charge in [0.15, 0.2) is 11.5 Å². The molecule has 1 aliphatic carbocycles. The molecule has 0 atom stereocenters. The molecule has 1 saturated carbocycles. The van der Waals surface area contributed by atoms with Crippen molar-refractivity contribution in [1.82, 2.24) is 5.32 Å². The number of hydrogen-bond acceptors (Lipinski definition) is 4. The number of carbonyl (C=O) groups excluding carboxylic acids is 1. The fraction of sp³-hybridized carbons (Fsp3) is 0.562. The first-order valence-electron chi connectivity index (χ1n) is 7.46. The smallest absolute Gasteiger partial charge is 0.240 e. The van der Waals surface area contributed by atoms with Gasteiger partial charge in [-0.25, -0.2) is 0 Å². The molecule has 0 saturated heterocycles. The van der Waals surface area contributed by atoms with Gasteiger partial charge in [0.05, 0.1) is 19.3 Å². The van der Waals surface area contributed by atoms with Crippen LogP contribution in [0, 0.1) is 0 Å². The Morgan fingerprint density at radius 1 is 1.36 bits per heavy atom. The molecule has 2 rings (SSSR count). The molecule has 0 heterocycles. The summed E-state index contributed by atoms with van der Waals surface area (Å²) in [5, 5.41) is 2.90. The predicted molar refractivity (Wildman–Crippen MR) is 88.9 cm³/mol. The van der Waals surface area contributed by atoms with Gasteiger partial charge >= 0.3 is 0 Å². The minimum atomic E-state index is -0.581. The lowest BCUT2D eigenvalue weighted by molar-refractivity contribution is -0.123. The van der Waals surface area contributed by atoms with Crippen molar-refractivity contribution in [3.8, 4) is 11.5 Å². The molecule has 1 fully saturated rings. The Kier molecular flexibility index (Phi) is 6.97. The predicted octanol–water partition coefficient (Wildman–Crippen LogP) is 2.06. The zero-order valence-corrected chi connectivity index (χ0v) is 14.0. The lowest BCUT2D eigenvalue weighted by Gasteiger charge is -2.12. The van der Waals surface area contributed by atoms with Crippen molar-refractivity contribution in [3.63, 3.8) is 0 Å². The summed E-state index contributed by atoms with van der Waals surface area (Å²) in [6.07, 6.45) is 3.35. The molecule has 0 aromatic heterocycles. The van der Waals surface area contributed by atoms with Gasteiger partial charge in [-0.1, -0.05) is 6.07 Å². The van der Waals surface area contributed by atoms with E-state index in [0.29, 0.717) is 13.2 Å². The lowest BCUT2D eigenvalue weighted by atomic mass is 10.1. The highest BCUT2D eigenvalue weighted by Gasteiger charge is 2.45. The van der Waals surface area contributed by atoms with Crippen molar-refractivity contribution in [1.29, 1.82) is 0 Å². The average molecular weight is 329 g/mol. The molecule has 6 heteroatoms. The first kappa shape index (κ1) is 18.6. The molecule has 5 nitrogen and oxygen atoms in total. The molecule has 0 spiro atoms. The summed E-state index contributed by atoms with van der Waals surface area (Å²) in [6.45, 7) is 3.20. The van der Waals surface area contributed by atoms with Crippen molar-refractivity contribution in [3.05, 3.63) is 23.8 Å². The Balaban J connectivity index is 0.00000242. The fourth-order valence-corrected chi connectivity index (χ4v) is 2.18. The van der Waals surface area contributed by atoms with Crippen LogP contribution in [0.4, 0.5) is 0 Å². The normalized spacial score (nSPS) is 14.7. The van der Waals surface area contributed by atoms with E-state index in [4.69, 9.17) is 15.2 Å². The largest absolute Gasteiger partial charge is 0.493 e. The van der Waals surface area contributed by atoms with Crippen LogP contribution in [-0.2, 0) is 11.2 Å². The van der Waals surface area contributed by atoms with Gasteiger partial charge < -0.3 is 20.5 Å². The van der Waals surface area contributed by atoms with Crippen LogP contribution in [0.2, 0.25) is 0 Å². The Morgan fingerprint density at radius 3 is 2.68 bits per heavy atom. The number of ether oxygens (including phenoxy) is 2. The van der Waals surface area contributed by atoms with Crippen molar-refractivity contribution < 1.29 is 14.3 Å². The van der Waals surface area contributed by atoms with E-state index >= 15 is 0 Å². The number of methoxy groups -OCH3 is 1. The Bertz CT molecular complexity index is 504. The zero-order valence-electron chi connectivity index (χ0n) is 13.2. The lowest BCUT2D eigenvalue weighted by Crippen LogP contribution is -2.43. The average Bonchev–Trinajstić information content (AvgIpc) is 3.23. The summed E-state index contributed by atoms with van der Waals surface area (Å²) in [7, 11) is 1.63. The molecule has 124 valence electrons. The molecule has 1 aromatic carbocycles. The van der Waals surface area contributed by atoms with Crippen molar-refractivity contribution >= 4 is 18.3 Å². The first-order valence-corrected chi connectivity index (χ1v) is 7.46. The minimum Gasteiger partial charge on any atom is -0.493 e. The van der Waals surface area contributed by atoms with Gasteiger partial charge in [-0.3, -0.25) is 4.79 Å². The van der Waals surface area contributed by atoms with E-state index in [2.05, 4.69) is 5.32 Å². The second-order valence-electron chi connectivity index (χ2n) is 5.43. The second-order valence-corrected chi connectivity index (χ2v) is 5.43. The van der Waals surface area contributed by atoms with Gasteiger partial charge in [0.1, 0.15) is 0 Å². The van der Waals surface area contributed by atoms with Crippen molar-refractivity contribution in [2.75, 3.05) is 20.3 Å². The van der Waals surface area contributed by atoms with Crippen LogP contribution in [0.15, 0.2) is 18.2 Å². The van der Waals surface area contributed by atoms with Crippen LogP contribution in [0.3, 0.4) is 0 Å². The maximum absolute atomic E-state index is 11.7. The molecular weight excluding hydrogens is 304 g/mol. The van der Waals surface area contributed by atoms with Crippen LogP contribution >= 0.6 is 12.4 Å². The van der Waals surface area contributed by atoms with Gasteiger partial charge in [-0.05, 0) is 50.3 Å². The summed E-state index contributed by atoms with van der Waals surface area (Å²) < 4.78 is 10.8. The fourth-order valence-electron chi connectivity index (χ4n) is 2.18. The number of hydrogen-bond donors (Lipinski definition) is 2. The monoisotopic (exact) mass is 328 g/mol. The van der Waals surface area contributed by atoms with Crippen LogP contribution < -0.4 is 20.5 Å². The molecule has 0 aliphatic heterocycles. The molecule has 22 heavy (non-hydrogen) atoms. The molecule has 0 radical (unpaired) electrons. The molecule has 1 aromatic rings. The van der Waals surface area contributed by atoms with E-state index in [-0.39, 0.29) is 18.3 Å². The summed E-state index contributed by atoms with van der Waals surface area (Å²) in [4.78, 5) is 11.7. The number of nitrogens with two attached hydrogens (primary N) is 1. The van der Waals surface area contributed by atoms with Gasteiger partial charge in [0.25, 0.3) is 0 Å². The van der Waals surface area contributed by atoms with Gasteiger partial charge in [-0.15, -0.1) is 12.4 Å². The number of rotatable bonds is 8. The number of nitrogens with one attached hydrogen (secondary N) is 1. The van der Waals surface area contributed by atoms with E-state index < -0.39 is 5.54 Å². The minimum absolute atomic E-state index is 0. The summed E-state index contributed by atoms with van der Waals surface area (Å²) in [5.41, 5.74) is 6.41. The number of amides is 1. The third kappa shape index (κ3) is 4.78. The Hall–Kier alpha value is -1.46. The number of benzene rings is 1. The van der Waals surface area contributed by atoms with Gasteiger partial charge in [-0.2, -0.15) is 0 Å². The van der Waals surface area contributed by atoms with Crippen LogP contribution in [0.25, 0.3) is 0 Å². The molecular formula is C16H25ClN2O3. The second kappa shape index (κ2) is 8.25. The van der Waals surface area contributed by atoms with E-state index in [1.165, 1.54) is 5.56 Å². The Labute approximate surface area is 138 Å². The summed E-state index contributed by atoms with van der Waals surface area (Å²) >= 11 is 0.